The first-order chi connectivity index (χ1) is 17.9. The van der Waals surface area contributed by atoms with Crippen LogP contribution in [0, 0.1) is 29.1 Å². The molecule has 1 aliphatic heterocycles. The zero-order valence-electron chi connectivity index (χ0n) is 21.7. The summed E-state index contributed by atoms with van der Waals surface area (Å²) >= 11 is 0. The van der Waals surface area contributed by atoms with Crippen LogP contribution in [-0.2, 0) is 4.79 Å². The Morgan fingerprint density at radius 2 is 1.86 bits per heavy atom. The molecule has 1 heterocycles. The highest BCUT2D eigenvalue weighted by Crippen LogP contribution is 2.34. The molecule has 192 valence electrons. The Balaban J connectivity index is 1.42. The summed E-state index contributed by atoms with van der Waals surface area (Å²) in [5, 5.41) is 19.4. The predicted octanol–water partition coefficient (Wildman–Crippen LogP) is 4.64. The van der Waals surface area contributed by atoms with Gasteiger partial charge in [-0.1, -0.05) is 56.3 Å². The van der Waals surface area contributed by atoms with E-state index in [-0.39, 0.29) is 29.8 Å². The molecule has 4 atom stereocenters. The van der Waals surface area contributed by atoms with Crippen molar-refractivity contribution in [2.45, 2.75) is 45.7 Å². The van der Waals surface area contributed by atoms with Gasteiger partial charge in [-0.25, -0.2) is 0 Å². The van der Waals surface area contributed by atoms with Crippen LogP contribution < -0.4 is 16.0 Å². The number of carbonyl (C=O) groups excluding carboxylic acids is 2. The van der Waals surface area contributed by atoms with Crippen LogP contribution >= 0.6 is 0 Å². The van der Waals surface area contributed by atoms with E-state index in [2.05, 4.69) is 35.9 Å². The molecule has 1 aliphatic carbocycles. The fourth-order valence-electron chi connectivity index (χ4n) is 5.17. The topological polar surface area (TPSA) is 106 Å². The maximum Gasteiger partial charge on any atom is 0.256 e. The maximum atomic E-state index is 12.8. The van der Waals surface area contributed by atoms with Gasteiger partial charge in [-0.3, -0.25) is 14.6 Å². The van der Waals surface area contributed by atoms with E-state index in [0.29, 0.717) is 36.7 Å². The van der Waals surface area contributed by atoms with Crippen LogP contribution in [0.1, 0.15) is 61.1 Å². The first-order valence-corrected chi connectivity index (χ1v) is 13.0. The van der Waals surface area contributed by atoms with E-state index in [9.17, 15) is 14.9 Å². The maximum absolute atomic E-state index is 12.8. The summed E-state index contributed by atoms with van der Waals surface area (Å²) in [6.45, 7) is 7.33. The Labute approximate surface area is 219 Å². The standard InChI is InChI=1S/C30H35N5O2/c1-19(2)16-20(3)34-29(36)21-12-13-26(22(17-21)18-31)32-14-15-33-28-23-8-4-5-9-24(23)30(37)35-27-11-7-6-10-25(27)28/h4-13,19-22,28,33H,14-17H2,1-3H3,(H,34,36)(H,35,37). The van der Waals surface area contributed by atoms with Gasteiger partial charge in [-0.15, -0.1) is 0 Å². The number of nitrogens with zero attached hydrogens (tertiary/aromatic N) is 2. The van der Waals surface area contributed by atoms with E-state index in [1.165, 1.54) is 0 Å². The Morgan fingerprint density at radius 3 is 2.62 bits per heavy atom. The van der Waals surface area contributed by atoms with Crippen LogP contribution in [0.25, 0.3) is 0 Å². The van der Waals surface area contributed by atoms with Crippen molar-refractivity contribution in [1.29, 1.82) is 5.26 Å². The van der Waals surface area contributed by atoms with Crippen molar-refractivity contribution in [3.8, 4) is 6.07 Å². The molecule has 0 fully saturated rings. The van der Waals surface area contributed by atoms with Gasteiger partial charge in [0.1, 0.15) is 0 Å². The third-order valence-electron chi connectivity index (χ3n) is 6.84. The van der Waals surface area contributed by atoms with Crippen LogP contribution in [0.4, 0.5) is 5.69 Å². The second kappa shape index (κ2) is 12.0. The summed E-state index contributed by atoms with van der Waals surface area (Å²) in [6.07, 6.45) is 5.06. The average molecular weight is 498 g/mol. The molecule has 3 N–H and O–H groups in total. The molecular weight excluding hydrogens is 462 g/mol. The van der Waals surface area contributed by atoms with Gasteiger partial charge in [-0.2, -0.15) is 5.26 Å². The minimum Gasteiger partial charge on any atom is -0.353 e. The van der Waals surface area contributed by atoms with Gasteiger partial charge < -0.3 is 16.0 Å². The molecular formula is C30H35N5O2. The molecule has 2 aromatic rings. The zero-order valence-corrected chi connectivity index (χ0v) is 21.7. The number of carbonyl (C=O) groups is 2. The molecule has 4 unspecified atom stereocenters. The second-order valence-electron chi connectivity index (χ2n) is 10.2. The number of benzene rings is 2. The van der Waals surface area contributed by atoms with Gasteiger partial charge >= 0.3 is 0 Å². The Hall–Kier alpha value is -3.76. The van der Waals surface area contributed by atoms with Crippen molar-refractivity contribution in [3.05, 3.63) is 77.4 Å². The predicted molar refractivity (Wildman–Crippen MR) is 146 cm³/mol. The van der Waals surface area contributed by atoms with Crippen LogP contribution in [0.3, 0.4) is 0 Å². The number of aliphatic imine (C=N–C) groups is 1. The van der Waals surface area contributed by atoms with Gasteiger partial charge in [-0.05, 0) is 55.0 Å². The fraction of sp³-hybridized carbons (Fsp3) is 0.400. The van der Waals surface area contributed by atoms with E-state index < -0.39 is 5.92 Å². The molecule has 0 bridgehead atoms. The summed E-state index contributed by atoms with van der Waals surface area (Å²) in [7, 11) is 0. The van der Waals surface area contributed by atoms with Gasteiger partial charge in [0.25, 0.3) is 5.91 Å². The first-order valence-electron chi connectivity index (χ1n) is 13.0. The quantitative estimate of drug-likeness (QED) is 0.462. The molecule has 0 saturated carbocycles. The summed E-state index contributed by atoms with van der Waals surface area (Å²) < 4.78 is 0. The van der Waals surface area contributed by atoms with Crippen molar-refractivity contribution in [1.82, 2.24) is 10.6 Å². The highest BCUT2D eigenvalue weighted by atomic mass is 16.2. The zero-order chi connectivity index (χ0) is 26.4. The van der Waals surface area contributed by atoms with E-state index in [0.717, 1.165) is 23.2 Å². The fourth-order valence-corrected chi connectivity index (χ4v) is 5.17. The largest absolute Gasteiger partial charge is 0.353 e. The molecule has 2 amide bonds. The van der Waals surface area contributed by atoms with E-state index >= 15 is 0 Å². The van der Waals surface area contributed by atoms with E-state index in [1.807, 2.05) is 67.6 Å². The highest BCUT2D eigenvalue weighted by Gasteiger charge is 2.29. The third-order valence-corrected chi connectivity index (χ3v) is 6.84. The number of para-hydroxylation sites is 1. The number of fused-ring (bicyclic) bond motifs is 2. The number of nitriles is 1. The van der Waals surface area contributed by atoms with Crippen molar-refractivity contribution in [3.63, 3.8) is 0 Å². The normalized spacial score (nSPS) is 22.4. The first kappa shape index (κ1) is 26.3. The highest BCUT2D eigenvalue weighted by molar-refractivity contribution is 6.07. The van der Waals surface area contributed by atoms with E-state index in [1.54, 1.807) is 0 Å². The SMILES string of the molecule is CC(C)CC(C)NC(=O)C1C=CC(=NCCNC2c3ccccc3NC(=O)c3ccccc32)C(C#N)C1. The van der Waals surface area contributed by atoms with Crippen LogP contribution in [0.2, 0.25) is 0 Å². The number of hydrogen-bond donors (Lipinski definition) is 3. The Morgan fingerprint density at radius 1 is 1.14 bits per heavy atom. The Bertz CT molecular complexity index is 1240. The van der Waals surface area contributed by atoms with Crippen LogP contribution in [0.15, 0.2) is 65.7 Å². The number of hydrogen-bond acceptors (Lipinski definition) is 5. The number of rotatable bonds is 8. The van der Waals surface area contributed by atoms with Gasteiger partial charge in [0.2, 0.25) is 5.91 Å². The van der Waals surface area contributed by atoms with E-state index in [4.69, 9.17) is 4.99 Å². The average Bonchev–Trinajstić information content (AvgIpc) is 3.00. The minimum atomic E-state index is -0.415. The molecule has 2 aliphatic rings. The van der Waals surface area contributed by atoms with Crippen molar-refractivity contribution in [2.75, 3.05) is 18.4 Å². The third kappa shape index (κ3) is 6.33. The molecule has 4 rings (SSSR count). The lowest BCUT2D eigenvalue weighted by atomic mass is 9.85. The van der Waals surface area contributed by atoms with Crippen LogP contribution in [0.5, 0.6) is 0 Å². The van der Waals surface area contributed by atoms with Gasteiger partial charge in [0.15, 0.2) is 0 Å². The molecule has 0 aromatic heterocycles. The monoisotopic (exact) mass is 497 g/mol. The molecule has 0 radical (unpaired) electrons. The molecule has 7 heteroatoms. The summed E-state index contributed by atoms with van der Waals surface area (Å²) in [5.74, 6) is -0.371. The second-order valence-corrected chi connectivity index (χ2v) is 10.2. The lowest BCUT2D eigenvalue weighted by Crippen LogP contribution is -2.39. The number of nitrogens with one attached hydrogen (secondary N) is 3. The molecule has 0 spiro atoms. The number of allylic oxidation sites excluding steroid dienone is 1. The number of anilines is 1. The molecule has 0 saturated heterocycles. The van der Waals surface area contributed by atoms with Gasteiger partial charge in [0.05, 0.1) is 36.2 Å². The summed E-state index contributed by atoms with van der Waals surface area (Å²) in [4.78, 5) is 30.2. The Kier molecular flexibility index (Phi) is 8.52. The molecule has 2 aromatic carbocycles. The van der Waals surface area contributed by atoms with Crippen LogP contribution in [-0.4, -0.2) is 36.7 Å². The lowest BCUT2D eigenvalue weighted by Gasteiger charge is -2.24. The molecule has 37 heavy (non-hydrogen) atoms. The van der Waals surface area contributed by atoms with Crippen molar-refractivity contribution < 1.29 is 9.59 Å². The minimum absolute atomic E-state index is 0.0285. The number of amides is 2. The molecule has 7 nitrogen and oxygen atoms in total. The smallest absolute Gasteiger partial charge is 0.256 e. The van der Waals surface area contributed by atoms with Crippen molar-refractivity contribution >= 4 is 23.2 Å². The van der Waals surface area contributed by atoms with Crippen molar-refractivity contribution in [2.24, 2.45) is 22.7 Å². The van der Waals surface area contributed by atoms with Gasteiger partial charge in [0, 0.05) is 23.8 Å². The summed E-state index contributed by atoms with van der Waals surface area (Å²) in [5.41, 5.74) is 4.07. The lowest BCUT2D eigenvalue weighted by molar-refractivity contribution is -0.124. The summed E-state index contributed by atoms with van der Waals surface area (Å²) in [6, 6.07) is 17.7.